The summed E-state index contributed by atoms with van der Waals surface area (Å²) in [6.07, 6.45) is 5.52. The van der Waals surface area contributed by atoms with E-state index in [0.717, 1.165) is 38.8 Å². The lowest BCUT2D eigenvalue weighted by Gasteiger charge is -2.36. The molecule has 1 aromatic rings. The Labute approximate surface area is 136 Å². The van der Waals surface area contributed by atoms with Gasteiger partial charge >= 0.3 is 0 Å². The summed E-state index contributed by atoms with van der Waals surface area (Å²) in [7, 11) is 4.06. The predicted molar refractivity (Wildman–Crippen MR) is 88.4 cm³/mol. The molecule has 1 unspecified atom stereocenters. The van der Waals surface area contributed by atoms with Crippen molar-refractivity contribution in [1.82, 2.24) is 14.8 Å². The van der Waals surface area contributed by atoms with Crippen LogP contribution in [-0.2, 0) is 0 Å². The van der Waals surface area contributed by atoms with Gasteiger partial charge in [-0.3, -0.25) is 9.59 Å². The third-order valence-corrected chi connectivity index (χ3v) is 4.49. The van der Waals surface area contributed by atoms with Gasteiger partial charge in [0.25, 0.3) is 11.5 Å². The van der Waals surface area contributed by atoms with E-state index >= 15 is 0 Å². The quantitative estimate of drug-likeness (QED) is 0.913. The van der Waals surface area contributed by atoms with Crippen molar-refractivity contribution < 1.29 is 4.79 Å². The fourth-order valence-corrected chi connectivity index (χ4v) is 3.11. The Balaban J connectivity index is 2.27. The first-order valence-corrected chi connectivity index (χ1v) is 8.03. The molecule has 23 heavy (non-hydrogen) atoms. The predicted octanol–water partition coefficient (Wildman–Crippen LogP) is 1.50. The third-order valence-electron chi connectivity index (χ3n) is 4.49. The van der Waals surface area contributed by atoms with Gasteiger partial charge in [-0.2, -0.15) is 5.26 Å². The van der Waals surface area contributed by atoms with Crippen molar-refractivity contribution in [2.75, 3.05) is 27.2 Å². The number of nitrogens with one attached hydrogen (secondary N) is 1. The summed E-state index contributed by atoms with van der Waals surface area (Å²) in [6.45, 7) is 3.33. The molecule has 1 aromatic heterocycles. The maximum absolute atomic E-state index is 12.9. The first-order valence-electron chi connectivity index (χ1n) is 8.03. The number of rotatable bonds is 4. The fourth-order valence-electron chi connectivity index (χ4n) is 3.11. The summed E-state index contributed by atoms with van der Waals surface area (Å²) in [4.78, 5) is 31.1. The first kappa shape index (κ1) is 17.2. The van der Waals surface area contributed by atoms with E-state index in [0.29, 0.717) is 11.1 Å². The Hall–Kier alpha value is -2.13. The SMILES string of the molecule is Cc1c(C(=O)N2CCCCC2CCN(C)C)c[nH]c(=O)c1C#N. The van der Waals surface area contributed by atoms with Gasteiger partial charge in [-0.25, -0.2) is 0 Å². The smallest absolute Gasteiger partial charge is 0.266 e. The average Bonchev–Trinajstić information content (AvgIpc) is 2.53. The summed E-state index contributed by atoms with van der Waals surface area (Å²) >= 11 is 0. The Morgan fingerprint density at radius 2 is 2.22 bits per heavy atom. The topological polar surface area (TPSA) is 80.2 Å². The molecular weight excluding hydrogens is 292 g/mol. The number of carbonyl (C=O) groups excluding carboxylic acids is 1. The zero-order valence-corrected chi connectivity index (χ0v) is 14.1. The molecule has 0 radical (unpaired) electrons. The summed E-state index contributed by atoms with van der Waals surface area (Å²) < 4.78 is 0. The maximum Gasteiger partial charge on any atom is 0.266 e. The molecule has 0 bridgehead atoms. The van der Waals surface area contributed by atoms with Gasteiger partial charge < -0.3 is 14.8 Å². The molecule has 6 heteroatoms. The van der Waals surface area contributed by atoms with Crippen LogP contribution in [-0.4, -0.2) is 53.9 Å². The molecule has 1 atom stereocenters. The van der Waals surface area contributed by atoms with Gasteiger partial charge in [0, 0.05) is 18.8 Å². The van der Waals surface area contributed by atoms with Crippen LogP contribution in [0.5, 0.6) is 0 Å². The largest absolute Gasteiger partial charge is 0.336 e. The minimum Gasteiger partial charge on any atom is -0.336 e. The number of aromatic nitrogens is 1. The molecule has 1 aliphatic rings. The van der Waals surface area contributed by atoms with Gasteiger partial charge in [-0.15, -0.1) is 0 Å². The van der Waals surface area contributed by atoms with E-state index in [-0.39, 0.29) is 17.5 Å². The zero-order valence-electron chi connectivity index (χ0n) is 14.1. The fraction of sp³-hybridized carbons (Fsp3) is 0.588. The monoisotopic (exact) mass is 316 g/mol. The third kappa shape index (κ3) is 3.80. The number of nitriles is 1. The van der Waals surface area contributed by atoms with Gasteiger partial charge in [0.2, 0.25) is 0 Å². The number of piperidine rings is 1. The molecule has 0 aliphatic carbocycles. The number of nitrogens with zero attached hydrogens (tertiary/aromatic N) is 3. The van der Waals surface area contributed by atoms with Gasteiger partial charge in [0.15, 0.2) is 0 Å². The second-order valence-corrected chi connectivity index (χ2v) is 6.38. The standard InChI is InChI=1S/C17H24N4O2/c1-12-14(10-18)16(22)19-11-15(12)17(23)21-8-5-4-6-13(21)7-9-20(2)3/h11,13H,4-9H2,1-3H3,(H,19,22). The van der Waals surface area contributed by atoms with E-state index in [1.54, 1.807) is 6.92 Å². The molecule has 0 aromatic carbocycles. The van der Waals surface area contributed by atoms with Crippen molar-refractivity contribution in [3.8, 4) is 6.07 Å². The van der Waals surface area contributed by atoms with Crippen LogP contribution in [0.4, 0.5) is 0 Å². The van der Waals surface area contributed by atoms with Crippen molar-refractivity contribution in [3.63, 3.8) is 0 Å². The van der Waals surface area contributed by atoms with Crippen molar-refractivity contribution in [1.29, 1.82) is 5.26 Å². The lowest BCUT2D eigenvalue weighted by molar-refractivity contribution is 0.0590. The van der Waals surface area contributed by atoms with Gasteiger partial charge in [0.05, 0.1) is 5.56 Å². The van der Waals surface area contributed by atoms with Crippen molar-refractivity contribution in [2.45, 2.75) is 38.6 Å². The van der Waals surface area contributed by atoms with E-state index in [1.807, 2.05) is 25.1 Å². The Kier molecular flexibility index (Phi) is 5.56. The molecule has 1 saturated heterocycles. The highest BCUT2D eigenvalue weighted by molar-refractivity contribution is 5.96. The highest BCUT2D eigenvalue weighted by Crippen LogP contribution is 2.23. The lowest BCUT2D eigenvalue weighted by atomic mass is 9.97. The maximum atomic E-state index is 12.9. The number of pyridine rings is 1. The van der Waals surface area contributed by atoms with E-state index < -0.39 is 5.56 Å². The summed E-state index contributed by atoms with van der Waals surface area (Å²) in [5.74, 6) is -0.0845. The minimum absolute atomic E-state index is 0.0256. The highest BCUT2D eigenvalue weighted by Gasteiger charge is 2.29. The zero-order chi connectivity index (χ0) is 17.0. The Bertz CT molecular complexity index is 672. The summed E-state index contributed by atoms with van der Waals surface area (Å²) in [6, 6.07) is 2.11. The molecule has 1 aliphatic heterocycles. The minimum atomic E-state index is -0.440. The lowest BCUT2D eigenvalue weighted by Crippen LogP contribution is -2.45. The highest BCUT2D eigenvalue weighted by atomic mass is 16.2. The molecular formula is C17H24N4O2. The Morgan fingerprint density at radius 1 is 1.48 bits per heavy atom. The average molecular weight is 316 g/mol. The number of aromatic amines is 1. The van der Waals surface area contributed by atoms with Crippen molar-refractivity contribution in [2.24, 2.45) is 0 Å². The Morgan fingerprint density at radius 3 is 2.87 bits per heavy atom. The van der Waals surface area contributed by atoms with Crippen molar-refractivity contribution in [3.05, 3.63) is 33.2 Å². The number of hydrogen-bond acceptors (Lipinski definition) is 4. The van der Waals surface area contributed by atoms with Crippen LogP contribution in [0.1, 0.15) is 47.2 Å². The number of amides is 1. The van der Waals surface area contributed by atoms with Crippen LogP contribution < -0.4 is 5.56 Å². The van der Waals surface area contributed by atoms with Gasteiger partial charge in [0.1, 0.15) is 11.6 Å². The van der Waals surface area contributed by atoms with Gasteiger partial charge in [-0.05, 0) is 58.8 Å². The molecule has 124 valence electrons. The summed E-state index contributed by atoms with van der Waals surface area (Å²) in [5, 5.41) is 9.11. The molecule has 6 nitrogen and oxygen atoms in total. The first-order chi connectivity index (χ1) is 11.0. The van der Waals surface area contributed by atoms with Crippen LogP contribution in [0.25, 0.3) is 0 Å². The normalized spacial score (nSPS) is 18.0. The summed E-state index contributed by atoms with van der Waals surface area (Å²) in [5.41, 5.74) is 0.484. The molecule has 1 fully saturated rings. The number of H-pyrrole nitrogens is 1. The number of hydrogen-bond donors (Lipinski definition) is 1. The van der Waals surface area contributed by atoms with Crippen LogP contribution in [0.15, 0.2) is 11.0 Å². The van der Waals surface area contributed by atoms with Gasteiger partial charge in [-0.1, -0.05) is 0 Å². The van der Waals surface area contributed by atoms with Crippen LogP contribution in [0.3, 0.4) is 0 Å². The second kappa shape index (κ2) is 7.42. The number of carbonyl (C=O) groups is 1. The molecule has 2 heterocycles. The van der Waals surface area contributed by atoms with Crippen LogP contribution in [0, 0.1) is 18.3 Å². The second-order valence-electron chi connectivity index (χ2n) is 6.38. The molecule has 1 N–H and O–H groups in total. The molecule has 0 saturated carbocycles. The van der Waals surface area contributed by atoms with E-state index in [2.05, 4.69) is 9.88 Å². The molecule has 2 rings (SSSR count). The van der Waals surface area contributed by atoms with Crippen LogP contribution >= 0.6 is 0 Å². The molecule has 0 spiro atoms. The van der Waals surface area contributed by atoms with E-state index in [4.69, 9.17) is 5.26 Å². The van der Waals surface area contributed by atoms with Crippen LogP contribution in [0.2, 0.25) is 0 Å². The number of likely N-dealkylation sites (tertiary alicyclic amines) is 1. The van der Waals surface area contributed by atoms with E-state index in [1.165, 1.54) is 6.20 Å². The molecule has 1 amide bonds. The van der Waals surface area contributed by atoms with Crippen molar-refractivity contribution >= 4 is 5.91 Å². The van der Waals surface area contributed by atoms with E-state index in [9.17, 15) is 9.59 Å².